The lowest BCUT2D eigenvalue weighted by Gasteiger charge is -2.41. The quantitative estimate of drug-likeness (QED) is 0.526. The Labute approximate surface area is 216 Å². The van der Waals surface area contributed by atoms with E-state index in [1.54, 1.807) is 5.57 Å². The Morgan fingerprint density at radius 2 is 1.83 bits per heavy atom. The molecule has 194 valence electrons. The van der Waals surface area contributed by atoms with Crippen molar-refractivity contribution >= 4 is 5.57 Å². The van der Waals surface area contributed by atoms with Crippen LogP contribution in [-0.4, -0.2) is 61.8 Å². The van der Waals surface area contributed by atoms with Crippen molar-refractivity contribution < 1.29 is 9.13 Å². The molecular weight excluding hydrogens is 449 g/mol. The van der Waals surface area contributed by atoms with Crippen molar-refractivity contribution in [2.45, 2.75) is 58.5 Å². The van der Waals surface area contributed by atoms with Gasteiger partial charge >= 0.3 is 0 Å². The molecule has 2 fully saturated rings. The Balaban J connectivity index is 1.13. The van der Waals surface area contributed by atoms with Gasteiger partial charge in [0.2, 0.25) is 0 Å². The van der Waals surface area contributed by atoms with Gasteiger partial charge in [-0.25, -0.2) is 4.39 Å². The third kappa shape index (κ3) is 6.37. The normalized spacial score (nSPS) is 22.4. The zero-order chi connectivity index (χ0) is 24.9. The maximum Gasteiger partial charge on any atom is 0.123 e. The van der Waals surface area contributed by atoms with E-state index in [2.05, 4.69) is 47.2 Å². The van der Waals surface area contributed by atoms with E-state index in [0.29, 0.717) is 18.7 Å². The second kappa shape index (κ2) is 11.9. The van der Waals surface area contributed by atoms with Crippen molar-refractivity contribution in [1.82, 2.24) is 15.1 Å². The van der Waals surface area contributed by atoms with Crippen molar-refractivity contribution in [2.75, 3.05) is 45.9 Å². The minimum absolute atomic E-state index is 0.181. The van der Waals surface area contributed by atoms with Crippen LogP contribution in [-0.2, 0) is 12.8 Å². The number of nitrogens with zero attached hydrogens (tertiary/aromatic N) is 2. The summed E-state index contributed by atoms with van der Waals surface area (Å²) in [6.07, 6.45) is 7.73. The molecule has 1 aliphatic carbocycles. The zero-order valence-corrected chi connectivity index (χ0v) is 22.1. The zero-order valence-electron chi connectivity index (χ0n) is 22.1. The summed E-state index contributed by atoms with van der Waals surface area (Å²) in [7, 11) is 0. The van der Waals surface area contributed by atoms with Crippen molar-refractivity contribution in [3.63, 3.8) is 0 Å². The molecule has 2 aliphatic heterocycles. The predicted octanol–water partition coefficient (Wildman–Crippen LogP) is 5.52. The monoisotopic (exact) mass is 491 g/mol. The third-order valence-electron chi connectivity index (χ3n) is 8.29. The molecular formula is C31H42FN3O. The standard InChI is InChI=1S/C31H42FN3O/c1-23(19-25-6-10-28(32)11-7-25)22-36-29-12-13-30-24(2)27(9-8-26(30)20-29)21-34-15-17-35(18-16-34)31-5-3-4-14-33-31/h6-7,10-13,20,23,31,33H,3-5,8-9,14-19,21-22H2,1-2H3/t23-,31?/m1/s1. The number of benzene rings is 2. The summed E-state index contributed by atoms with van der Waals surface area (Å²) in [4.78, 5) is 5.32. The van der Waals surface area contributed by atoms with Crippen molar-refractivity contribution in [3.8, 4) is 5.75 Å². The predicted molar refractivity (Wildman–Crippen MR) is 146 cm³/mol. The topological polar surface area (TPSA) is 27.7 Å². The van der Waals surface area contributed by atoms with Gasteiger partial charge in [0.25, 0.3) is 0 Å². The molecule has 2 aromatic rings. The molecule has 1 N–H and O–H groups in total. The smallest absolute Gasteiger partial charge is 0.123 e. The number of piperidine rings is 1. The minimum Gasteiger partial charge on any atom is -0.493 e. The van der Waals surface area contributed by atoms with Gasteiger partial charge in [0.1, 0.15) is 11.6 Å². The van der Waals surface area contributed by atoms with Gasteiger partial charge in [-0.3, -0.25) is 9.80 Å². The highest BCUT2D eigenvalue weighted by Gasteiger charge is 2.26. The molecule has 2 atom stereocenters. The number of allylic oxidation sites excluding steroid dienone is 1. The molecule has 2 saturated heterocycles. The number of fused-ring (bicyclic) bond motifs is 1. The van der Waals surface area contributed by atoms with Crippen LogP contribution in [0.2, 0.25) is 0 Å². The van der Waals surface area contributed by atoms with Gasteiger partial charge in [-0.15, -0.1) is 0 Å². The molecule has 36 heavy (non-hydrogen) atoms. The van der Waals surface area contributed by atoms with Crippen LogP contribution >= 0.6 is 0 Å². The van der Waals surface area contributed by atoms with Crippen LogP contribution in [0.3, 0.4) is 0 Å². The van der Waals surface area contributed by atoms with Crippen molar-refractivity contribution in [1.29, 1.82) is 0 Å². The first-order valence-electron chi connectivity index (χ1n) is 13.9. The van der Waals surface area contributed by atoms with Gasteiger partial charge in [-0.1, -0.05) is 30.7 Å². The van der Waals surface area contributed by atoms with Crippen LogP contribution < -0.4 is 10.1 Å². The Morgan fingerprint density at radius 1 is 1.03 bits per heavy atom. The number of piperazine rings is 1. The maximum atomic E-state index is 13.1. The molecule has 0 bridgehead atoms. The number of ether oxygens (including phenoxy) is 1. The van der Waals surface area contributed by atoms with E-state index in [0.717, 1.165) is 37.1 Å². The fourth-order valence-electron chi connectivity index (χ4n) is 6.06. The third-order valence-corrected chi connectivity index (χ3v) is 8.29. The lowest BCUT2D eigenvalue weighted by Crippen LogP contribution is -2.56. The highest BCUT2D eigenvalue weighted by atomic mass is 19.1. The van der Waals surface area contributed by atoms with Crippen LogP contribution in [0.5, 0.6) is 5.75 Å². The van der Waals surface area contributed by atoms with Crippen molar-refractivity contribution in [2.24, 2.45) is 5.92 Å². The van der Waals surface area contributed by atoms with E-state index < -0.39 is 0 Å². The Kier molecular flexibility index (Phi) is 8.40. The fourth-order valence-corrected chi connectivity index (χ4v) is 6.06. The molecule has 1 unspecified atom stereocenters. The van der Waals surface area contributed by atoms with E-state index in [4.69, 9.17) is 4.74 Å². The summed E-state index contributed by atoms with van der Waals surface area (Å²) in [6.45, 7) is 12.2. The van der Waals surface area contributed by atoms with Crippen LogP contribution in [0.15, 0.2) is 48.0 Å². The van der Waals surface area contributed by atoms with E-state index in [1.165, 1.54) is 80.8 Å². The summed E-state index contributed by atoms with van der Waals surface area (Å²) in [5, 5.41) is 3.71. The molecule has 4 nitrogen and oxygen atoms in total. The summed E-state index contributed by atoms with van der Waals surface area (Å²) in [5.41, 5.74) is 7.02. The summed E-state index contributed by atoms with van der Waals surface area (Å²) < 4.78 is 19.3. The van der Waals surface area contributed by atoms with Gasteiger partial charge in [-0.2, -0.15) is 0 Å². The number of nitrogens with one attached hydrogen (secondary N) is 1. The minimum atomic E-state index is -0.181. The molecule has 0 aromatic heterocycles. The van der Waals surface area contributed by atoms with Crippen LogP contribution in [0.25, 0.3) is 5.57 Å². The van der Waals surface area contributed by atoms with E-state index in [9.17, 15) is 4.39 Å². The molecule has 0 spiro atoms. The highest BCUT2D eigenvalue weighted by molar-refractivity contribution is 5.72. The van der Waals surface area contributed by atoms with Gasteiger partial charge in [0, 0.05) is 32.7 Å². The van der Waals surface area contributed by atoms with Gasteiger partial charge in [0.05, 0.1) is 12.8 Å². The fraction of sp³-hybridized carbons (Fsp3) is 0.548. The SMILES string of the molecule is CC1=C(CN2CCN(C3CCCCN3)CC2)CCc2cc(OC[C@H](C)Cc3ccc(F)cc3)ccc21. The lowest BCUT2D eigenvalue weighted by atomic mass is 9.86. The molecule has 2 aromatic carbocycles. The molecule has 3 aliphatic rings. The average molecular weight is 492 g/mol. The lowest BCUT2D eigenvalue weighted by molar-refractivity contribution is 0.0721. The Bertz CT molecular complexity index is 1040. The van der Waals surface area contributed by atoms with E-state index in [1.807, 2.05) is 12.1 Å². The van der Waals surface area contributed by atoms with Gasteiger partial charge < -0.3 is 10.1 Å². The molecule has 0 radical (unpaired) electrons. The molecule has 0 amide bonds. The van der Waals surface area contributed by atoms with Crippen LogP contribution in [0.1, 0.15) is 56.2 Å². The molecule has 2 heterocycles. The number of hydrogen-bond acceptors (Lipinski definition) is 4. The van der Waals surface area contributed by atoms with Gasteiger partial charge in [0.15, 0.2) is 0 Å². The number of hydrogen-bond donors (Lipinski definition) is 1. The average Bonchev–Trinajstić information content (AvgIpc) is 2.91. The first-order valence-corrected chi connectivity index (χ1v) is 13.9. The summed E-state index contributed by atoms with van der Waals surface area (Å²) in [6, 6.07) is 13.4. The molecule has 5 rings (SSSR count). The van der Waals surface area contributed by atoms with E-state index in [-0.39, 0.29) is 5.82 Å². The largest absolute Gasteiger partial charge is 0.493 e. The van der Waals surface area contributed by atoms with Crippen LogP contribution in [0, 0.1) is 11.7 Å². The highest BCUT2D eigenvalue weighted by Crippen LogP contribution is 2.34. The number of aryl methyl sites for hydroxylation is 1. The first kappa shape index (κ1) is 25.4. The molecule has 0 saturated carbocycles. The Hall–Kier alpha value is -2.21. The second-order valence-electron chi connectivity index (χ2n) is 11.1. The van der Waals surface area contributed by atoms with Crippen molar-refractivity contribution in [3.05, 3.63) is 70.5 Å². The molecule has 5 heteroatoms. The first-order chi connectivity index (χ1) is 17.5. The second-order valence-corrected chi connectivity index (χ2v) is 11.1. The Morgan fingerprint density at radius 3 is 2.58 bits per heavy atom. The number of halogens is 1. The number of rotatable bonds is 8. The van der Waals surface area contributed by atoms with Crippen LogP contribution in [0.4, 0.5) is 4.39 Å². The van der Waals surface area contributed by atoms with E-state index >= 15 is 0 Å². The summed E-state index contributed by atoms with van der Waals surface area (Å²) in [5.74, 6) is 1.15. The maximum absolute atomic E-state index is 13.1. The van der Waals surface area contributed by atoms with Gasteiger partial charge in [-0.05, 0) is 104 Å². The summed E-state index contributed by atoms with van der Waals surface area (Å²) >= 11 is 0.